The molecule has 1 atom stereocenters. The third-order valence-corrected chi connectivity index (χ3v) is 3.55. The molecule has 22 heavy (non-hydrogen) atoms. The first-order valence-corrected chi connectivity index (χ1v) is 7.61. The standard InChI is InChI=1S/C18H23N3O/c1-13(2)11-15-5-7-16(8-6-15)14(3)18(22)20-17-9-10-21(4)12-19-17/h5-10,12-14H,11H2,1-4H3. The zero-order chi connectivity index (χ0) is 16.1. The minimum absolute atomic E-state index is 0.169. The maximum atomic E-state index is 12.2. The third-order valence-electron chi connectivity index (χ3n) is 3.55. The van der Waals surface area contributed by atoms with Crippen LogP contribution in [-0.4, -0.2) is 15.5 Å². The van der Waals surface area contributed by atoms with Gasteiger partial charge in [0.25, 0.3) is 5.91 Å². The van der Waals surface area contributed by atoms with E-state index in [4.69, 9.17) is 0 Å². The minimum atomic E-state index is -0.260. The average Bonchev–Trinajstić information content (AvgIpc) is 2.49. The summed E-state index contributed by atoms with van der Waals surface area (Å²) in [6.07, 6.45) is 4.51. The molecule has 0 aliphatic carbocycles. The van der Waals surface area contributed by atoms with Crippen molar-refractivity contribution in [3.05, 3.63) is 59.5 Å². The fourth-order valence-electron chi connectivity index (χ4n) is 2.25. The summed E-state index contributed by atoms with van der Waals surface area (Å²) in [4.78, 5) is 20.4. The summed E-state index contributed by atoms with van der Waals surface area (Å²) in [5.41, 5.74) is 2.74. The van der Waals surface area contributed by atoms with Crippen LogP contribution in [0.1, 0.15) is 37.8 Å². The number of hydrogen-bond donors (Lipinski definition) is 0. The molecule has 1 unspecified atom stereocenters. The Bertz CT molecular complexity index is 679. The summed E-state index contributed by atoms with van der Waals surface area (Å²) in [7, 11) is 1.87. The van der Waals surface area contributed by atoms with Crippen LogP contribution in [0.3, 0.4) is 0 Å². The molecular weight excluding hydrogens is 274 g/mol. The molecule has 1 aromatic heterocycles. The number of nitrogens with zero attached hydrogens (tertiary/aromatic N) is 3. The second-order valence-electron chi connectivity index (χ2n) is 6.10. The van der Waals surface area contributed by atoms with Crippen molar-refractivity contribution in [2.45, 2.75) is 33.1 Å². The first-order valence-electron chi connectivity index (χ1n) is 7.61. The summed E-state index contributed by atoms with van der Waals surface area (Å²) in [5, 5.41) is 0. The van der Waals surface area contributed by atoms with Crippen LogP contribution in [0.15, 0.2) is 47.8 Å². The van der Waals surface area contributed by atoms with Crippen molar-refractivity contribution in [2.24, 2.45) is 18.0 Å². The fourth-order valence-corrected chi connectivity index (χ4v) is 2.25. The number of aromatic nitrogens is 2. The highest BCUT2D eigenvalue weighted by atomic mass is 16.1. The van der Waals surface area contributed by atoms with Crippen LogP contribution in [0.25, 0.3) is 0 Å². The van der Waals surface area contributed by atoms with E-state index in [1.165, 1.54) is 5.56 Å². The summed E-state index contributed by atoms with van der Waals surface area (Å²) in [6.45, 7) is 6.28. The average molecular weight is 297 g/mol. The quantitative estimate of drug-likeness (QED) is 0.871. The lowest BCUT2D eigenvalue weighted by atomic mass is 9.96. The van der Waals surface area contributed by atoms with Gasteiger partial charge in [0.15, 0.2) is 5.49 Å². The van der Waals surface area contributed by atoms with Gasteiger partial charge in [0.05, 0.1) is 12.2 Å². The molecule has 0 saturated heterocycles. The van der Waals surface area contributed by atoms with Crippen LogP contribution >= 0.6 is 0 Å². The van der Waals surface area contributed by atoms with Gasteiger partial charge in [0, 0.05) is 13.2 Å². The highest BCUT2D eigenvalue weighted by Crippen LogP contribution is 2.18. The molecule has 1 heterocycles. The van der Waals surface area contributed by atoms with Crippen LogP contribution in [0.4, 0.5) is 0 Å². The molecule has 0 radical (unpaired) electrons. The third kappa shape index (κ3) is 4.38. The Kier molecular flexibility index (Phi) is 5.26. The fraction of sp³-hybridized carbons (Fsp3) is 0.389. The molecule has 4 heteroatoms. The van der Waals surface area contributed by atoms with Crippen LogP contribution in [0.2, 0.25) is 0 Å². The van der Waals surface area contributed by atoms with Crippen molar-refractivity contribution < 1.29 is 4.79 Å². The van der Waals surface area contributed by atoms with Crippen molar-refractivity contribution >= 4 is 5.91 Å². The van der Waals surface area contributed by atoms with E-state index < -0.39 is 0 Å². The zero-order valence-corrected chi connectivity index (χ0v) is 13.7. The van der Waals surface area contributed by atoms with Crippen molar-refractivity contribution in [3.8, 4) is 0 Å². The van der Waals surface area contributed by atoms with Gasteiger partial charge >= 0.3 is 0 Å². The summed E-state index contributed by atoms with van der Waals surface area (Å²) in [6, 6.07) is 9.97. The molecule has 0 bridgehead atoms. The molecule has 2 aromatic rings. The maximum absolute atomic E-state index is 12.2. The van der Waals surface area contributed by atoms with Crippen molar-refractivity contribution in [1.82, 2.24) is 9.55 Å². The van der Waals surface area contributed by atoms with Crippen LogP contribution in [-0.2, 0) is 18.3 Å². The smallest absolute Gasteiger partial charge is 0.254 e. The molecule has 1 amide bonds. The predicted octanol–water partition coefficient (Wildman–Crippen LogP) is 2.85. The van der Waals surface area contributed by atoms with E-state index >= 15 is 0 Å². The maximum Gasteiger partial charge on any atom is 0.254 e. The van der Waals surface area contributed by atoms with Gasteiger partial charge in [-0.05, 0) is 36.5 Å². The molecule has 0 saturated carbocycles. The van der Waals surface area contributed by atoms with Gasteiger partial charge in [0.1, 0.15) is 0 Å². The lowest BCUT2D eigenvalue weighted by Gasteiger charge is -2.10. The normalized spacial score (nSPS) is 13.4. The molecule has 116 valence electrons. The predicted molar refractivity (Wildman–Crippen MR) is 87.2 cm³/mol. The highest BCUT2D eigenvalue weighted by molar-refractivity contribution is 5.83. The Labute approximate surface area is 131 Å². The van der Waals surface area contributed by atoms with E-state index in [-0.39, 0.29) is 11.8 Å². The topological polar surface area (TPSA) is 47.2 Å². The Morgan fingerprint density at radius 3 is 2.41 bits per heavy atom. The van der Waals surface area contributed by atoms with Crippen LogP contribution < -0.4 is 5.49 Å². The van der Waals surface area contributed by atoms with Gasteiger partial charge in [-0.3, -0.25) is 4.79 Å². The zero-order valence-electron chi connectivity index (χ0n) is 13.7. The molecule has 2 rings (SSSR count). The minimum Gasteiger partial charge on any atom is -0.342 e. The van der Waals surface area contributed by atoms with Crippen molar-refractivity contribution in [3.63, 3.8) is 0 Å². The summed E-state index contributed by atoms with van der Waals surface area (Å²) in [5.74, 6) is 0.201. The van der Waals surface area contributed by atoms with Crippen LogP contribution in [0.5, 0.6) is 0 Å². The number of benzene rings is 1. The number of rotatable bonds is 4. The van der Waals surface area contributed by atoms with E-state index in [9.17, 15) is 4.79 Å². The van der Waals surface area contributed by atoms with Gasteiger partial charge in [-0.2, -0.15) is 4.99 Å². The van der Waals surface area contributed by atoms with Gasteiger partial charge in [-0.1, -0.05) is 38.1 Å². The Hall–Kier alpha value is -2.23. The molecule has 0 aliphatic rings. The monoisotopic (exact) mass is 297 g/mol. The summed E-state index contributed by atoms with van der Waals surface area (Å²) < 4.78 is 1.81. The van der Waals surface area contributed by atoms with E-state index in [1.54, 1.807) is 17.0 Å². The van der Waals surface area contributed by atoms with Gasteiger partial charge < -0.3 is 4.57 Å². The number of carbonyl (C=O) groups excluding carboxylic acids is 1. The number of amides is 1. The van der Waals surface area contributed by atoms with Gasteiger partial charge in [0.2, 0.25) is 0 Å². The molecule has 0 N–H and O–H groups in total. The molecule has 0 spiro atoms. The number of carbonyl (C=O) groups is 1. The largest absolute Gasteiger partial charge is 0.342 e. The first-order chi connectivity index (χ1) is 10.5. The van der Waals surface area contributed by atoms with E-state index in [1.807, 2.05) is 32.3 Å². The Morgan fingerprint density at radius 2 is 1.86 bits per heavy atom. The van der Waals surface area contributed by atoms with E-state index in [2.05, 4.69) is 36.0 Å². The lowest BCUT2D eigenvalue weighted by Crippen LogP contribution is -2.15. The van der Waals surface area contributed by atoms with Crippen molar-refractivity contribution in [1.29, 1.82) is 0 Å². The number of aryl methyl sites for hydroxylation is 1. The Morgan fingerprint density at radius 1 is 1.18 bits per heavy atom. The highest BCUT2D eigenvalue weighted by Gasteiger charge is 2.14. The SMILES string of the molecule is CC(C)Cc1ccc(C(C)C(=O)N=c2ccn(C)cn2)cc1. The first kappa shape index (κ1) is 16.1. The van der Waals surface area contributed by atoms with E-state index in [0.717, 1.165) is 12.0 Å². The van der Waals surface area contributed by atoms with Crippen molar-refractivity contribution in [2.75, 3.05) is 0 Å². The second kappa shape index (κ2) is 7.16. The second-order valence-corrected chi connectivity index (χ2v) is 6.10. The lowest BCUT2D eigenvalue weighted by molar-refractivity contribution is -0.119. The molecule has 4 nitrogen and oxygen atoms in total. The molecule has 0 aliphatic heterocycles. The Balaban J connectivity index is 2.13. The van der Waals surface area contributed by atoms with Gasteiger partial charge in [-0.15, -0.1) is 0 Å². The molecular formula is C18H23N3O. The number of hydrogen-bond acceptors (Lipinski definition) is 2. The summed E-state index contributed by atoms with van der Waals surface area (Å²) >= 11 is 0. The van der Waals surface area contributed by atoms with E-state index in [0.29, 0.717) is 11.4 Å². The van der Waals surface area contributed by atoms with Crippen LogP contribution in [0, 0.1) is 5.92 Å². The molecule has 0 fully saturated rings. The van der Waals surface area contributed by atoms with Gasteiger partial charge in [-0.25, -0.2) is 4.98 Å². The molecule has 1 aromatic carbocycles.